The number of carbonyl (C=O) groups excluding carboxylic acids is 1. The van der Waals surface area contributed by atoms with Crippen LogP contribution in [-0.4, -0.2) is 46.3 Å². The van der Waals surface area contributed by atoms with E-state index in [-0.39, 0.29) is 0 Å². The van der Waals surface area contributed by atoms with Crippen molar-refractivity contribution in [3.05, 3.63) is 41.2 Å². The number of carbonyl (C=O) groups is 1. The van der Waals surface area contributed by atoms with Crippen LogP contribution in [0, 0.1) is 6.92 Å². The standard InChI is InChI=1S/C24H36N4OS/c1-3-4-5-6-7-8-9-10-23(29)27-15-17-28(18-16-27)24-25-22(26-30-24)19-21-13-11-20(2)12-14-21/h11-14H,3-10,15-19H2,1-2H3. The van der Waals surface area contributed by atoms with Crippen molar-refractivity contribution < 1.29 is 4.79 Å². The van der Waals surface area contributed by atoms with E-state index in [2.05, 4.69) is 47.4 Å². The summed E-state index contributed by atoms with van der Waals surface area (Å²) < 4.78 is 4.55. The van der Waals surface area contributed by atoms with Crippen LogP contribution < -0.4 is 4.90 Å². The van der Waals surface area contributed by atoms with Gasteiger partial charge in [0.25, 0.3) is 0 Å². The van der Waals surface area contributed by atoms with Gasteiger partial charge in [-0.25, -0.2) is 4.98 Å². The van der Waals surface area contributed by atoms with Gasteiger partial charge in [-0.15, -0.1) is 0 Å². The van der Waals surface area contributed by atoms with Crippen LogP contribution in [0.4, 0.5) is 5.13 Å². The van der Waals surface area contributed by atoms with E-state index >= 15 is 0 Å². The number of benzene rings is 1. The van der Waals surface area contributed by atoms with Crippen molar-refractivity contribution in [1.82, 2.24) is 14.3 Å². The number of nitrogens with zero attached hydrogens (tertiary/aromatic N) is 4. The molecule has 0 spiro atoms. The Kier molecular flexibility index (Phi) is 9.12. The molecule has 5 nitrogen and oxygen atoms in total. The lowest BCUT2D eigenvalue weighted by atomic mass is 10.1. The highest BCUT2D eigenvalue weighted by molar-refractivity contribution is 7.09. The molecule has 1 amide bonds. The first kappa shape index (κ1) is 22.7. The van der Waals surface area contributed by atoms with Gasteiger partial charge in [0, 0.05) is 50.6 Å². The van der Waals surface area contributed by atoms with Crippen LogP contribution in [0.1, 0.15) is 75.2 Å². The molecule has 3 rings (SSSR count). The van der Waals surface area contributed by atoms with Crippen LogP contribution in [0.25, 0.3) is 0 Å². The molecule has 30 heavy (non-hydrogen) atoms. The van der Waals surface area contributed by atoms with Gasteiger partial charge in [-0.2, -0.15) is 4.37 Å². The van der Waals surface area contributed by atoms with E-state index in [0.29, 0.717) is 12.3 Å². The van der Waals surface area contributed by atoms with Crippen LogP contribution in [0.5, 0.6) is 0 Å². The van der Waals surface area contributed by atoms with Crippen LogP contribution in [0.3, 0.4) is 0 Å². The van der Waals surface area contributed by atoms with E-state index in [1.165, 1.54) is 61.2 Å². The molecular weight excluding hydrogens is 392 g/mol. The van der Waals surface area contributed by atoms with E-state index < -0.39 is 0 Å². The molecular formula is C24H36N4OS. The molecule has 1 aromatic carbocycles. The maximum absolute atomic E-state index is 12.5. The first-order chi connectivity index (χ1) is 14.7. The molecule has 1 aliphatic rings. The second kappa shape index (κ2) is 12.0. The Bertz CT molecular complexity index is 766. The molecule has 2 aromatic rings. The third-order valence-electron chi connectivity index (χ3n) is 5.84. The van der Waals surface area contributed by atoms with E-state index in [4.69, 9.17) is 4.98 Å². The van der Waals surface area contributed by atoms with Crippen LogP contribution in [0.15, 0.2) is 24.3 Å². The van der Waals surface area contributed by atoms with Crippen molar-refractivity contribution in [2.75, 3.05) is 31.1 Å². The summed E-state index contributed by atoms with van der Waals surface area (Å²) in [5.41, 5.74) is 2.51. The SMILES string of the molecule is CCCCCCCCCC(=O)N1CCN(c2nc(Cc3ccc(C)cc3)ns2)CC1. The average molecular weight is 429 g/mol. The molecule has 1 aliphatic heterocycles. The number of hydrogen-bond acceptors (Lipinski definition) is 5. The Labute approximate surface area is 185 Å². The summed E-state index contributed by atoms with van der Waals surface area (Å²) in [6.07, 6.45) is 10.2. The number of hydrogen-bond donors (Lipinski definition) is 0. The lowest BCUT2D eigenvalue weighted by molar-refractivity contribution is -0.131. The number of piperazine rings is 1. The van der Waals surface area contributed by atoms with Gasteiger partial charge >= 0.3 is 0 Å². The molecule has 1 saturated heterocycles. The van der Waals surface area contributed by atoms with Gasteiger partial charge in [-0.3, -0.25) is 4.79 Å². The summed E-state index contributed by atoms with van der Waals surface area (Å²) >= 11 is 1.47. The zero-order valence-electron chi connectivity index (χ0n) is 18.6. The molecule has 2 heterocycles. The first-order valence-electron chi connectivity index (χ1n) is 11.6. The topological polar surface area (TPSA) is 49.3 Å². The van der Waals surface area contributed by atoms with E-state index in [1.54, 1.807) is 0 Å². The lowest BCUT2D eigenvalue weighted by Gasteiger charge is -2.34. The molecule has 0 bridgehead atoms. The zero-order chi connectivity index (χ0) is 21.2. The number of rotatable bonds is 11. The van der Waals surface area contributed by atoms with Crippen molar-refractivity contribution in [1.29, 1.82) is 0 Å². The molecule has 0 unspecified atom stereocenters. The minimum atomic E-state index is 0.320. The largest absolute Gasteiger partial charge is 0.343 e. The molecule has 1 aromatic heterocycles. The van der Waals surface area contributed by atoms with Gasteiger partial charge < -0.3 is 9.80 Å². The van der Waals surface area contributed by atoms with Crippen molar-refractivity contribution in [3.63, 3.8) is 0 Å². The lowest BCUT2D eigenvalue weighted by Crippen LogP contribution is -2.48. The van der Waals surface area contributed by atoms with Crippen molar-refractivity contribution in [2.24, 2.45) is 0 Å². The second-order valence-corrected chi connectivity index (χ2v) is 9.13. The van der Waals surface area contributed by atoms with Gasteiger partial charge in [0.15, 0.2) is 0 Å². The van der Waals surface area contributed by atoms with Gasteiger partial charge in [0.1, 0.15) is 5.82 Å². The van der Waals surface area contributed by atoms with Gasteiger partial charge in [0.05, 0.1) is 0 Å². The van der Waals surface area contributed by atoms with Gasteiger partial charge in [-0.1, -0.05) is 75.3 Å². The molecule has 0 atom stereocenters. The minimum absolute atomic E-state index is 0.320. The minimum Gasteiger partial charge on any atom is -0.343 e. The fourth-order valence-corrected chi connectivity index (χ4v) is 4.61. The Morgan fingerprint density at radius 2 is 1.63 bits per heavy atom. The average Bonchev–Trinajstić information content (AvgIpc) is 3.23. The molecule has 0 aliphatic carbocycles. The van der Waals surface area contributed by atoms with Gasteiger partial charge in [0.2, 0.25) is 11.0 Å². The number of unbranched alkanes of at least 4 members (excludes halogenated alkanes) is 6. The fourth-order valence-electron chi connectivity index (χ4n) is 3.87. The van der Waals surface area contributed by atoms with Crippen molar-refractivity contribution >= 4 is 22.6 Å². The highest BCUT2D eigenvalue weighted by Crippen LogP contribution is 2.21. The third-order valence-corrected chi connectivity index (χ3v) is 6.65. The summed E-state index contributed by atoms with van der Waals surface area (Å²) in [4.78, 5) is 21.5. The maximum atomic E-state index is 12.5. The Hall–Kier alpha value is -1.95. The predicted octanol–water partition coefficient (Wildman–Crippen LogP) is 5.23. The highest BCUT2D eigenvalue weighted by atomic mass is 32.1. The van der Waals surface area contributed by atoms with Crippen molar-refractivity contribution in [2.45, 2.75) is 71.6 Å². The number of aromatic nitrogens is 2. The van der Waals surface area contributed by atoms with Crippen LogP contribution in [-0.2, 0) is 11.2 Å². The number of anilines is 1. The van der Waals surface area contributed by atoms with Crippen LogP contribution >= 0.6 is 11.5 Å². The Morgan fingerprint density at radius 3 is 2.33 bits per heavy atom. The molecule has 0 N–H and O–H groups in total. The summed E-state index contributed by atoms with van der Waals surface area (Å²) in [6.45, 7) is 7.63. The maximum Gasteiger partial charge on any atom is 0.222 e. The summed E-state index contributed by atoms with van der Waals surface area (Å²) in [5.74, 6) is 1.21. The van der Waals surface area contributed by atoms with Gasteiger partial charge in [-0.05, 0) is 18.9 Å². The molecule has 164 valence electrons. The quantitative estimate of drug-likeness (QED) is 0.460. The zero-order valence-corrected chi connectivity index (χ0v) is 19.4. The number of aryl methyl sites for hydroxylation is 1. The Morgan fingerprint density at radius 1 is 0.967 bits per heavy atom. The molecule has 0 radical (unpaired) electrons. The third kappa shape index (κ3) is 7.08. The predicted molar refractivity (Wildman–Crippen MR) is 125 cm³/mol. The second-order valence-electron chi connectivity index (χ2n) is 8.39. The summed E-state index contributed by atoms with van der Waals surface area (Å²) in [7, 11) is 0. The first-order valence-corrected chi connectivity index (χ1v) is 12.3. The smallest absolute Gasteiger partial charge is 0.222 e. The normalized spacial score (nSPS) is 14.3. The number of amides is 1. The molecule has 1 fully saturated rings. The molecule has 0 saturated carbocycles. The van der Waals surface area contributed by atoms with Crippen molar-refractivity contribution in [3.8, 4) is 0 Å². The van der Waals surface area contributed by atoms with Crippen LogP contribution in [0.2, 0.25) is 0 Å². The Balaban J connectivity index is 1.36. The summed E-state index contributed by atoms with van der Waals surface area (Å²) in [5, 5.41) is 0.983. The fraction of sp³-hybridized carbons (Fsp3) is 0.625. The summed E-state index contributed by atoms with van der Waals surface area (Å²) in [6, 6.07) is 8.55. The monoisotopic (exact) mass is 428 g/mol. The molecule has 6 heteroatoms. The van der Waals surface area contributed by atoms with E-state index in [1.807, 2.05) is 4.90 Å². The van der Waals surface area contributed by atoms with E-state index in [9.17, 15) is 4.79 Å². The van der Waals surface area contributed by atoms with E-state index in [0.717, 1.165) is 50.0 Å². The highest BCUT2D eigenvalue weighted by Gasteiger charge is 2.23.